The van der Waals surface area contributed by atoms with Crippen LogP contribution < -0.4 is 19.8 Å². The molecule has 10 heteroatoms. The van der Waals surface area contributed by atoms with E-state index in [2.05, 4.69) is 46.2 Å². The van der Waals surface area contributed by atoms with Gasteiger partial charge in [0, 0.05) is 24.7 Å². The number of ether oxygens (including phenoxy) is 3. The third-order valence-electron chi connectivity index (χ3n) is 5.90. The second-order valence-corrected chi connectivity index (χ2v) is 9.59. The largest absolute Gasteiger partial charge is 0.497 e. The number of aromatic amines is 1. The lowest BCUT2D eigenvalue weighted by atomic mass is 10.1. The summed E-state index contributed by atoms with van der Waals surface area (Å²) < 4.78 is 18.1. The first-order chi connectivity index (χ1) is 16.8. The topological polar surface area (TPSA) is 107 Å². The Labute approximate surface area is 202 Å². The van der Waals surface area contributed by atoms with E-state index in [0.717, 1.165) is 33.8 Å². The van der Waals surface area contributed by atoms with Gasteiger partial charge in [0.2, 0.25) is 6.79 Å². The molecule has 2 aromatic carbocycles. The minimum absolute atomic E-state index is 0.142. The molecule has 0 spiro atoms. The van der Waals surface area contributed by atoms with Gasteiger partial charge in [-0.1, -0.05) is 6.07 Å². The fourth-order valence-corrected chi connectivity index (χ4v) is 4.20. The Morgan fingerprint density at radius 3 is 2.69 bits per heavy atom. The average molecular weight is 477 g/mol. The van der Waals surface area contributed by atoms with Crippen LogP contribution in [-0.2, 0) is 25.2 Å². The maximum absolute atomic E-state index is 13.0. The Bertz CT molecular complexity index is 1420. The fraction of sp³-hybridized carbons (Fsp3) is 0.360. The monoisotopic (exact) mass is 476 g/mol. The second kappa shape index (κ2) is 9.03. The Morgan fingerprint density at radius 1 is 1.06 bits per heavy atom. The number of benzene rings is 2. The molecule has 0 fully saturated rings. The molecule has 3 heterocycles. The van der Waals surface area contributed by atoms with Crippen LogP contribution in [0.5, 0.6) is 17.2 Å². The normalized spacial score (nSPS) is 13.1. The van der Waals surface area contributed by atoms with Crippen molar-refractivity contribution < 1.29 is 14.2 Å². The highest BCUT2D eigenvalue weighted by Gasteiger charge is 2.23. The van der Waals surface area contributed by atoms with Crippen molar-refractivity contribution in [2.45, 2.75) is 45.9 Å². The lowest BCUT2D eigenvalue weighted by molar-refractivity contribution is 0.174. The zero-order valence-corrected chi connectivity index (χ0v) is 20.2. The molecule has 0 atom stereocenters. The lowest BCUT2D eigenvalue weighted by Crippen LogP contribution is -2.31. The first-order valence-electron chi connectivity index (χ1n) is 11.4. The minimum Gasteiger partial charge on any atom is -0.497 e. The molecule has 10 nitrogen and oxygen atoms in total. The van der Waals surface area contributed by atoms with E-state index in [-0.39, 0.29) is 17.9 Å². The molecule has 4 aromatic rings. The van der Waals surface area contributed by atoms with Crippen molar-refractivity contribution in [3.05, 3.63) is 69.8 Å². The van der Waals surface area contributed by atoms with Crippen molar-refractivity contribution in [1.82, 2.24) is 30.1 Å². The van der Waals surface area contributed by atoms with Crippen molar-refractivity contribution in [3.63, 3.8) is 0 Å². The number of H-pyrrole nitrogens is 1. The van der Waals surface area contributed by atoms with E-state index >= 15 is 0 Å². The summed E-state index contributed by atoms with van der Waals surface area (Å²) in [5.74, 6) is 2.87. The van der Waals surface area contributed by atoms with Gasteiger partial charge in [0.15, 0.2) is 17.3 Å². The van der Waals surface area contributed by atoms with Crippen molar-refractivity contribution in [3.8, 4) is 17.2 Å². The number of hydrogen-bond donors (Lipinski definition) is 1. The number of tetrazole rings is 1. The summed E-state index contributed by atoms with van der Waals surface area (Å²) in [4.78, 5) is 18.1. The van der Waals surface area contributed by atoms with Crippen LogP contribution in [0.15, 0.2) is 47.3 Å². The Hall–Kier alpha value is -3.92. The molecule has 2 aromatic heterocycles. The van der Waals surface area contributed by atoms with Gasteiger partial charge in [-0.3, -0.25) is 9.69 Å². The molecular formula is C25H28N6O4. The van der Waals surface area contributed by atoms with Gasteiger partial charge < -0.3 is 19.2 Å². The Morgan fingerprint density at radius 2 is 1.89 bits per heavy atom. The number of pyridine rings is 1. The maximum atomic E-state index is 13.0. The van der Waals surface area contributed by atoms with Crippen LogP contribution in [0, 0.1) is 0 Å². The molecule has 0 saturated carbocycles. The summed E-state index contributed by atoms with van der Waals surface area (Å²) in [6.07, 6.45) is 0. The van der Waals surface area contributed by atoms with E-state index in [9.17, 15) is 4.79 Å². The highest BCUT2D eigenvalue weighted by molar-refractivity contribution is 5.80. The second-order valence-electron chi connectivity index (χ2n) is 9.59. The summed E-state index contributed by atoms with van der Waals surface area (Å²) in [6.45, 7) is 7.81. The first-order valence-corrected chi connectivity index (χ1v) is 11.4. The van der Waals surface area contributed by atoms with Crippen molar-refractivity contribution in [1.29, 1.82) is 0 Å². The van der Waals surface area contributed by atoms with Gasteiger partial charge in [-0.15, -0.1) is 5.10 Å². The number of nitrogens with one attached hydrogen (secondary N) is 1. The number of nitrogens with zero attached hydrogens (tertiary/aromatic N) is 5. The smallest absolute Gasteiger partial charge is 0.252 e. The molecular weight excluding hydrogens is 448 g/mol. The highest BCUT2D eigenvalue weighted by atomic mass is 16.7. The number of aromatic nitrogens is 5. The van der Waals surface area contributed by atoms with Crippen molar-refractivity contribution in [2.75, 3.05) is 13.9 Å². The summed E-state index contributed by atoms with van der Waals surface area (Å²) in [5.41, 5.74) is 2.00. The summed E-state index contributed by atoms with van der Waals surface area (Å²) in [7, 11) is 1.60. The van der Waals surface area contributed by atoms with Gasteiger partial charge in [0.05, 0.1) is 24.7 Å². The number of fused-ring (bicyclic) bond motifs is 2. The Balaban J connectivity index is 1.48. The van der Waals surface area contributed by atoms with Gasteiger partial charge in [-0.2, -0.15) is 0 Å². The maximum Gasteiger partial charge on any atom is 0.252 e. The lowest BCUT2D eigenvalue weighted by Gasteiger charge is -2.25. The summed E-state index contributed by atoms with van der Waals surface area (Å²) in [5, 5.41) is 13.3. The van der Waals surface area contributed by atoms with E-state index in [0.29, 0.717) is 30.9 Å². The van der Waals surface area contributed by atoms with Crippen LogP contribution in [0.1, 0.15) is 37.7 Å². The molecule has 1 aliphatic heterocycles. The fourth-order valence-electron chi connectivity index (χ4n) is 4.20. The molecule has 0 aliphatic carbocycles. The van der Waals surface area contributed by atoms with Crippen LogP contribution in [0.25, 0.3) is 10.9 Å². The molecule has 1 aliphatic rings. The number of methoxy groups -OCH3 is 1. The predicted molar refractivity (Wildman–Crippen MR) is 129 cm³/mol. The molecule has 1 N–H and O–H groups in total. The van der Waals surface area contributed by atoms with Crippen LogP contribution in [0.4, 0.5) is 0 Å². The van der Waals surface area contributed by atoms with Crippen LogP contribution >= 0.6 is 0 Å². The van der Waals surface area contributed by atoms with E-state index < -0.39 is 0 Å². The van der Waals surface area contributed by atoms with Crippen molar-refractivity contribution >= 4 is 10.9 Å². The predicted octanol–water partition coefficient (Wildman–Crippen LogP) is 3.21. The Kier molecular flexibility index (Phi) is 5.89. The third kappa shape index (κ3) is 4.83. The van der Waals surface area contributed by atoms with Crippen LogP contribution in [0.3, 0.4) is 0 Å². The van der Waals surface area contributed by atoms with Gasteiger partial charge in [-0.25, -0.2) is 4.68 Å². The van der Waals surface area contributed by atoms with E-state index in [1.165, 1.54) is 0 Å². The van der Waals surface area contributed by atoms with Gasteiger partial charge in [0.25, 0.3) is 5.56 Å². The molecule has 0 amide bonds. The zero-order valence-electron chi connectivity index (χ0n) is 20.2. The quantitative estimate of drug-likeness (QED) is 0.433. The van der Waals surface area contributed by atoms with Gasteiger partial charge >= 0.3 is 0 Å². The average Bonchev–Trinajstić information content (AvgIpc) is 3.48. The van der Waals surface area contributed by atoms with Gasteiger partial charge in [-0.05, 0) is 72.5 Å². The van der Waals surface area contributed by atoms with Crippen molar-refractivity contribution in [2.24, 2.45) is 0 Å². The summed E-state index contributed by atoms with van der Waals surface area (Å²) in [6, 6.07) is 13.5. The van der Waals surface area contributed by atoms with E-state index in [1.54, 1.807) is 7.11 Å². The molecule has 0 radical (unpaired) electrons. The molecule has 0 saturated heterocycles. The zero-order chi connectivity index (χ0) is 24.6. The molecule has 0 unspecified atom stereocenters. The van der Waals surface area contributed by atoms with E-state index in [1.807, 2.05) is 47.1 Å². The van der Waals surface area contributed by atoms with Crippen LogP contribution in [0.2, 0.25) is 0 Å². The van der Waals surface area contributed by atoms with Gasteiger partial charge in [0.1, 0.15) is 5.75 Å². The third-order valence-corrected chi connectivity index (χ3v) is 5.90. The molecule has 5 rings (SSSR count). The highest BCUT2D eigenvalue weighted by Crippen LogP contribution is 2.33. The molecule has 182 valence electrons. The van der Waals surface area contributed by atoms with E-state index in [4.69, 9.17) is 14.2 Å². The molecule has 35 heavy (non-hydrogen) atoms. The summed E-state index contributed by atoms with van der Waals surface area (Å²) >= 11 is 0. The molecule has 0 bridgehead atoms. The van der Waals surface area contributed by atoms with Crippen LogP contribution in [-0.4, -0.2) is 44.0 Å². The first kappa shape index (κ1) is 22.9. The number of hydrogen-bond acceptors (Lipinski definition) is 8. The standard InChI is InChI=1S/C25H28N6O4/c1-25(2,3)31-23(27-28-29-31)14-30(12-16-5-8-21-22(9-16)35-15-34-21)13-18-10-17-6-7-19(33-4)11-20(17)26-24(18)32/h5-11H,12-15H2,1-4H3,(H,26,32). The number of rotatable bonds is 7. The SMILES string of the molecule is COc1ccc2cc(CN(Cc3ccc4c(c3)OCO4)Cc3nnnn3C(C)(C)C)c(=O)[nH]c2c1. The minimum atomic E-state index is -0.275.